The maximum absolute atomic E-state index is 12.1. The summed E-state index contributed by atoms with van der Waals surface area (Å²) in [5, 5.41) is 12.6. The van der Waals surface area contributed by atoms with E-state index in [0.29, 0.717) is 5.56 Å². The van der Waals surface area contributed by atoms with Crippen molar-refractivity contribution in [2.75, 3.05) is 24.3 Å². The summed E-state index contributed by atoms with van der Waals surface area (Å²) in [5.41, 5.74) is 3.51. The average molecular weight is 284 g/mol. The Morgan fingerprint density at radius 2 is 1.90 bits per heavy atom. The highest BCUT2D eigenvalue weighted by Crippen LogP contribution is 2.22. The Morgan fingerprint density at radius 3 is 2.52 bits per heavy atom. The van der Waals surface area contributed by atoms with E-state index in [1.165, 1.54) is 0 Å². The zero-order valence-electron chi connectivity index (χ0n) is 12.6. The van der Waals surface area contributed by atoms with Gasteiger partial charge in [0.2, 0.25) is 5.91 Å². The first-order valence-electron chi connectivity index (χ1n) is 6.82. The molecule has 0 radical (unpaired) electrons. The molecule has 1 amide bonds. The topological polar surface area (TPSA) is 52.6 Å². The first kappa shape index (κ1) is 14.9. The lowest BCUT2D eigenvalue weighted by atomic mass is 10.1. The van der Waals surface area contributed by atoms with E-state index in [0.717, 1.165) is 16.9 Å². The second-order valence-corrected chi connectivity index (χ2v) is 5.25. The van der Waals surface area contributed by atoms with Gasteiger partial charge in [0.05, 0.1) is 6.42 Å². The van der Waals surface area contributed by atoms with Crippen LogP contribution in [-0.2, 0) is 11.2 Å². The summed E-state index contributed by atoms with van der Waals surface area (Å²) in [6.07, 6.45) is 0.154. The van der Waals surface area contributed by atoms with Crippen LogP contribution in [-0.4, -0.2) is 25.1 Å². The molecule has 0 saturated carbocycles. The molecule has 0 spiro atoms. The van der Waals surface area contributed by atoms with Crippen molar-refractivity contribution < 1.29 is 9.90 Å². The molecule has 2 N–H and O–H groups in total. The molecule has 2 rings (SSSR count). The molecule has 0 aliphatic rings. The molecule has 0 saturated heterocycles. The number of amides is 1. The number of para-hydroxylation sites is 1. The lowest BCUT2D eigenvalue weighted by Crippen LogP contribution is -2.16. The fourth-order valence-corrected chi connectivity index (χ4v) is 2.09. The van der Waals surface area contributed by atoms with E-state index < -0.39 is 0 Å². The minimum Gasteiger partial charge on any atom is -0.508 e. The van der Waals surface area contributed by atoms with Gasteiger partial charge >= 0.3 is 0 Å². The van der Waals surface area contributed by atoms with Crippen LogP contribution in [0.2, 0.25) is 0 Å². The van der Waals surface area contributed by atoms with Gasteiger partial charge in [-0.05, 0) is 36.8 Å². The van der Waals surface area contributed by atoms with E-state index in [1.54, 1.807) is 24.3 Å². The molecule has 0 aliphatic carbocycles. The number of carbonyl (C=O) groups excluding carboxylic acids is 1. The molecule has 0 atom stereocenters. The molecule has 4 nitrogen and oxygen atoms in total. The monoisotopic (exact) mass is 284 g/mol. The zero-order chi connectivity index (χ0) is 15.4. The first-order valence-corrected chi connectivity index (χ1v) is 6.82. The van der Waals surface area contributed by atoms with Crippen LogP contribution in [0, 0.1) is 6.92 Å². The molecule has 2 aromatic carbocycles. The van der Waals surface area contributed by atoms with Crippen molar-refractivity contribution in [2.45, 2.75) is 13.3 Å². The van der Waals surface area contributed by atoms with Crippen LogP contribution < -0.4 is 10.2 Å². The van der Waals surface area contributed by atoms with Crippen molar-refractivity contribution in [3.8, 4) is 5.75 Å². The van der Waals surface area contributed by atoms with Gasteiger partial charge in [0.25, 0.3) is 0 Å². The van der Waals surface area contributed by atoms with Gasteiger partial charge in [0, 0.05) is 31.0 Å². The van der Waals surface area contributed by atoms with E-state index in [9.17, 15) is 9.90 Å². The van der Waals surface area contributed by atoms with Crippen LogP contribution in [0.3, 0.4) is 0 Å². The Morgan fingerprint density at radius 1 is 1.19 bits per heavy atom. The Kier molecular flexibility index (Phi) is 4.48. The minimum absolute atomic E-state index is 0.141. The van der Waals surface area contributed by atoms with Gasteiger partial charge in [-0.3, -0.25) is 4.79 Å². The van der Waals surface area contributed by atoms with Gasteiger partial charge in [-0.25, -0.2) is 0 Å². The van der Waals surface area contributed by atoms with Crippen LogP contribution in [0.15, 0.2) is 42.5 Å². The Balaban J connectivity index is 2.08. The third-order valence-electron chi connectivity index (χ3n) is 3.34. The molecule has 0 fully saturated rings. The molecule has 0 bridgehead atoms. The molecule has 4 heteroatoms. The maximum Gasteiger partial charge on any atom is 0.228 e. The van der Waals surface area contributed by atoms with E-state index in [2.05, 4.69) is 5.32 Å². The number of phenolic OH excluding ortho intramolecular Hbond substituents is 1. The van der Waals surface area contributed by atoms with Crippen molar-refractivity contribution in [3.05, 3.63) is 53.6 Å². The number of rotatable bonds is 4. The van der Waals surface area contributed by atoms with Crippen molar-refractivity contribution in [3.63, 3.8) is 0 Å². The summed E-state index contributed by atoms with van der Waals surface area (Å²) in [6, 6.07) is 12.8. The Hall–Kier alpha value is -2.49. The van der Waals surface area contributed by atoms with Crippen LogP contribution in [0.1, 0.15) is 11.1 Å². The highest BCUT2D eigenvalue weighted by atomic mass is 16.3. The zero-order valence-corrected chi connectivity index (χ0v) is 12.6. The normalized spacial score (nSPS) is 10.2. The molecule has 0 aromatic heterocycles. The van der Waals surface area contributed by atoms with Crippen LogP contribution in [0.25, 0.3) is 0 Å². The van der Waals surface area contributed by atoms with Gasteiger partial charge in [-0.15, -0.1) is 0 Å². The molecular weight excluding hydrogens is 264 g/mol. The number of phenols is 1. The van der Waals surface area contributed by atoms with E-state index in [-0.39, 0.29) is 18.1 Å². The molecule has 21 heavy (non-hydrogen) atoms. The number of anilines is 2. The number of hydrogen-bond acceptors (Lipinski definition) is 3. The number of carbonyl (C=O) groups is 1. The third-order valence-corrected chi connectivity index (χ3v) is 3.34. The lowest BCUT2D eigenvalue weighted by Gasteiger charge is -2.15. The van der Waals surface area contributed by atoms with E-state index in [4.69, 9.17) is 0 Å². The van der Waals surface area contributed by atoms with Crippen molar-refractivity contribution in [2.24, 2.45) is 0 Å². The molecule has 0 unspecified atom stereocenters. The second-order valence-electron chi connectivity index (χ2n) is 5.25. The van der Waals surface area contributed by atoms with Gasteiger partial charge in [-0.2, -0.15) is 0 Å². The molecule has 0 heterocycles. The van der Waals surface area contributed by atoms with Crippen molar-refractivity contribution in [1.82, 2.24) is 0 Å². The number of nitrogens with one attached hydrogen (secondary N) is 1. The second kappa shape index (κ2) is 6.31. The fraction of sp³-hybridized carbons (Fsp3) is 0.235. The molecule has 2 aromatic rings. The number of aromatic hydroxyl groups is 1. The summed E-state index contributed by atoms with van der Waals surface area (Å²) >= 11 is 0. The first-order chi connectivity index (χ1) is 9.97. The standard InChI is InChI=1S/C17H20N2O2/c1-12-10-14(19(2)3)8-9-15(12)18-17(21)11-13-6-4-5-7-16(13)20/h4-10,20H,11H2,1-3H3,(H,18,21). The smallest absolute Gasteiger partial charge is 0.228 e. The molecule has 0 aliphatic heterocycles. The van der Waals surface area contributed by atoms with Crippen LogP contribution in [0.5, 0.6) is 5.75 Å². The van der Waals surface area contributed by atoms with E-state index in [1.807, 2.05) is 44.1 Å². The number of nitrogens with zero attached hydrogens (tertiary/aromatic N) is 1. The maximum atomic E-state index is 12.1. The minimum atomic E-state index is -0.141. The summed E-state index contributed by atoms with van der Waals surface area (Å²) in [4.78, 5) is 14.1. The largest absolute Gasteiger partial charge is 0.508 e. The molecular formula is C17H20N2O2. The van der Waals surface area contributed by atoms with Gasteiger partial charge in [0.1, 0.15) is 5.75 Å². The van der Waals surface area contributed by atoms with Gasteiger partial charge in [0.15, 0.2) is 0 Å². The highest BCUT2D eigenvalue weighted by molar-refractivity contribution is 5.93. The summed E-state index contributed by atoms with van der Waals surface area (Å²) in [7, 11) is 3.95. The Labute approximate surface area is 125 Å². The Bertz CT molecular complexity index is 651. The summed E-state index contributed by atoms with van der Waals surface area (Å²) in [6.45, 7) is 1.96. The lowest BCUT2D eigenvalue weighted by molar-refractivity contribution is -0.115. The van der Waals surface area contributed by atoms with Crippen LogP contribution >= 0.6 is 0 Å². The number of benzene rings is 2. The van der Waals surface area contributed by atoms with E-state index >= 15 is 0 Å². The fourth-order valence-electron chi connectivity index (χ4n) is 2.09. The molecule has 110 valence electrons. The van der Waals surface area contributed by atoms with Crippen LogP contribution in [0.4, 0.5) is 11.4 Å². The SMILES string of the molecule is Cc1cc(N(C)C)ccc1NC(=O)Cc1ccccc1O. The predicted octanol–water partition coefficient (Wildman–Crippen LogP) is 2.95. The quantitative estimate of drug-likeness (QED) is 0.907. The number of hydrogen-bond donors (Lipinski definition) is 2. The summed E-state index contributed by atoms with van der Waals surface area (Å²) in [5.74, 6) is 0.00420. The highest BCUT2D eigenvalue weighted by Gasteiger charge is 2.09. The van der Waals surface area contributed by atoms with Gasteiger partial charge in [-0.1, -0.05) is 18.2 Å². The average Bonchev–Trinajstić information content (AvgIpc) is 2.43. The summed E-state index contributed by atoms with van der Waals surface area (Å²) < 4.78 is 0. The predicted molar refractivity (Wildman–Crippen MR) is 85.9 cm³/mol. The third kappa shape index (κ3) is 3.75. The van der Waals surface area contributed by atoms with Gasteiger partial charge < -0.3 is 15.3 Å². The number of aryl methyl sites for hydroxylation is 1. The van der Waals surface area contributed by atoms with Crippen molar-refractivity contribution >= 4 is 17.3 Å². The van der Waals surface area contributed by atoms with Crippen molar-refractivity contribution in [1.29, 1.82) is 0 Å².